The van der Waals surface area contributed by atoms with Crippen molar-refractivity contribution in [2.75, 3.05) is 0 Å². The number of aliphatic hydroxyl groups excluding tert-OH is 1. The number of hydrogen-bond donors (Lipinski definition) is 1. The van der Waals surface area contributed by atoms with E-state index in [1.54, 1.807) is 6.92 Å². The zero-order valence-electron chi connectivity index (χ0n) is 8.38. The van der Waals surface area contributed by atoms with Gasteiger partial charge in [-0.05, 0) is 18.1 Å². The molecule has 0 saturated heterocycles. The third kappa shape index (κ3) is 1.92. The lowest BCUT2D eigenvalue weighted by Gasteiger charge is -2.19. The van der Waals surface area contributed by atoms with E-state index in [1.165, 1.54) is 6.08 Å². The van der Waals surface area contributed by atoms with Crippen LogP contribution < -0.4 is 0 Å². The highest BCUT2D eigenvalue weighted by atomic mass is 16.6. The van der Waals surface area contributed by atoms with Gasteiger partial charge in [0.2, 0.25) is 0 Å². The molecule has 3 heteroatoms. The highest BCUT2D eigenvalue weighted by Gasteiger charge is 2.30. The van der Waals surface area contributed by atoms with E-state index in [4.69, 9.17) is 4.74 Å². The first kappa shape index (κ1) is 9.93. The molecule has 0 amide bonds. The standard InChI is InChI=1S/C12H12O3/c1-8-7-10(13)15-12(8)11(14)9-5-3-2-4-6-9/h2-7,11-12,14H,1H3/t11-,12-/m0/s1. The molecule has 3 nitrogen and oxygen atoms in total. The van der Waals surface area contributed by atoms with Crippen molar-refractivity contribution in [3.05, 3.63) is 47.5 Å². The van der Waals surface area contributed by atoms with Crippen molar-refractivity contribution >= 4 is 5.97 Å². The molecule has 0 aromatic heterocycles. The van der Waals surface area contributed by atoms with Crippen LogP contribution in [0.25, 0.3) is 0 Å². The molecule has 2 atom stereocenters. The second-order valence-corrected chi connectivity index (χ2v) is 3.60. The maximum absolute atomic E-state index is 11.0. The Labute approximate surface area is 88.0 Å². The first-order valence-corrected chi connectivity index (χ1v) is 4.80. The van der Waals surface area contributed by atoms with Crippen LogP contribution in [0.4, 0.5) is 0 Å². The molecule has 78 valence electrons. The van der Waals surface area contributed by atoms with Gasteiger partial charge in [0, 0.05) is 6.08 Å². The number of aliphatic hydroxyl groups is 1. The number of hydrogen-bond acceptors (Lipinski definition) is 3. The molecule has 0 radical (unpaired) electrons. The predicted octanol–water partition coefficient (Wildman–Crippen LogP) is 1.59. The zero-order valence-corrected chi connectivity index (χ0v) is 8.38. The number of benzene rings is 1. The fourth-order valence-corrected chi connectivity index (χ4v) is 1.66. The van der Waals surface area contributed by atoms with Crippen LogP contribution in [0, 0.1) is 0 Å². The van der Waals surface area contributed by atoms with Gasteiger partial charge < -0.3 is 9.84 Å². The smallest absolute Gasteiger partial charge is 0.331 e. The Hall–Kier alpha value is -1.61. The van der Waals surface area contributed by atoms with Crippen LogP contribution in [0.3, 0.4) is 0 Å². The lowest BCUT2D eigenvalue weighted by Crippen LogP contribution is -2.20. The lowest BCUT2D eigenvalue weighted by molar-refractivity contribution is -0.143. The molecule has 2 rings (SSSR count). The number of esters is 1. The molecule has 0 aliphatic carbocycles. The molecule has 15 heavy (non-hydrogen) atoms. The Bertz CT molecular complexity index is 395. The molecule has 1 N–H and O–H groups in total. The van der Waals surface area contributed by atoms with Crippen LogP contribution in [0.2, 0.25) is 0 Å². The van der Waals surface area contributed by atoms with Crippen LogP contribution in [0.15, 0.2) is 42.0 Å². The minimum atomic E-state index is -0.783. The molecule has 1 aliphatic rings. The second-order valence-electron chi connectivity index (χ2n) is 3.60. The molecule has 0 bridgehead atoms. The van der Waals surface area contributed by atoms with E-state index >= 15 is 0 Å². The fraction of sp³-hybridized carbons (Fsp3) is 0.250. The second kappa shape index (κ2) is 3.87. The van der Waals surface area contributed by atoms with Gasteiger partial charge in [0.15, 0.2) is 6.10 Å². The van der Waals surface area contributed by atoms with E-state index in [-0.39, 0.29) is 5.97 Å². The molecule has 0 spiro atoms. The number of carbonyl (C=O) groups is 1. The molecule has 1 heterocycles. The highest BCUT2D eigenvalue weighted by molar-refractivity contribution is 5.85. The van der Waals surface area contributed by atoms with Crippen LogP contribution in [-0.2, 0) is 9.53 Å². The Morgan fingerprint density at radius 3 is 2.53 bits per heavy atom. The van der Waals surface area contributed by atoms with E-state index in [1.807, 2.05) is 30.3 Å². The summed E-state index contributed by atoms with van der Waals surface area (Å²) < 4.78 is 5.01. The van der Waals surface area contributed by atoms with Gasteiger partial charge >= 0.3 is 5.97 Å². The molecule has 0 fully saturated rings. The summed E-state index contributed by atoms with van der Waals surface area (Å²) in [6.45, 7) is 1.78. The first-order valence-electron chi connectivity index (χ1n) is 4.80. The lowest BCUT2D eigenvalue weighted by atomic mass is 10.0. The first-order chi connectivity index (χ1) is 7.18. The number of carbonyl (C=O) groups excluding carboxylic acids is 1. The normalized spacial score (nSPS) is 22.1. The topological polar surface area (TPSA) is 46.5 Å². The average molecular weight is 204 g/mol. The van der Waals surface area contributed by atoms with Gasteiger partial charge in [0.25, 0.3) is 0 Å². The van der Waals surface area contributed by atoms with E-state index < -0.39 is 12.2 Å². The van der Waals surface area contributed by atoms with Gasteiger partial charge in [-0.2, -0.15) is 0 Å². The number of ether oxygens (including phenoxy) is 1. The molecule has 0 unspecified atom stereocenters. The number of rotatable bonds is 2. The van der Waals surface area contributed by atoms with Crippen molar-refractivity contribution in [3.8, 4) is 0 Å². The summed E-state index contributed by atoms with van der Waals surface area (Å²) in [4.78, 5) is 11.0. The highest BCUT2D eigenvalue weighted by Crippen LogP contribution is 2.27. The van der Waals surface area contributed by atoms with E-state index in [9.17, 15) is 9.90 Å². The summed E-state index contributed by atoms with van der Waals surface area (Å²) in [6.07, 6.45) is 0.0883. The van der Waals surface area contributed by atoms with Gasteiger partial charge in [-0.25, -0.2) is 4.79 Å². The largest absolute Gasteiger partial charge is 0.452 e. The summed E-state index contributed by atoms with van der Waals surface area (Å²) in [7, 11) is 0. The Balaban J connectivity index is 2.20. The zero-order chi connectivity index (χ0) is 10.8. The third-order valence-corrected chi connectivity index (χ3v) is 2.47. The van der Waals surface area contributed by atoms with Crippen molar-refractivity contribution in [1.82, 2.24) is 0 Å². The average Bonchev–Trinajstić information content (AvgIpc) is 2.58. The minimum Gasteiger partial charge on any atom is -0.452 e. The van der Waals surface area contributed by atoms with Gasteiger partial charge in [0.1, 0.15) is 6.10 Å². The van der Waals surface area contributed by atoms with E-state index in [2.05, 4.69) is 0 Å². The van der Waals surface area contributed by atoms with E-state index in [0.717, 1.165) is 11.1 Å². The Kier molecular flexibility index (Phi) is 2.56. The fourth-order valence-electron chi connectivity index (χ4n) is 1.66. The SMILES string of the molecule is CC1=CC(=O)O[C@@H]1[C@@H](O)c1ccccc1. The van der Waals surface area contributed by atoms with Gasteiger partial charge in [-0.1, -0.05) is 30.3 Å². The molecular formula is C12H12O3. The van der Waals surface area contributed by atoms with Crippen molar-refractivity contribution < 1.29 is 14.6 Å². The molecule has 0 saturated carbocycles. The maximum Gasteiger partial charge on any atom is 0.331 e. The third-order valence-electron chi connectivity index (χ3n) is 2.47. The Morgan fingerprint density at radius 2 is 2.00 bits per heavy atom. The van der Waals surface area contributed by atoms with Gasteiger partial charge in [-0.3, -0.25) is 0 Å². The van der Waals surface area contributed by atoms with Crippen molar-refractivity contribution in [1.29, 1.82) is 0 Å². The maximum atomic E-state index is 11.0. The monoisotopic (exact) mass is 204 g/mol. The van der Waals surface area contributed by atoms with Crippen LogP contribution in [0.1, 0.15) is 18.6 Å². The molecular weight excluding hydrogens is 192 g/mol. The van der Waals surface area contributed by atoms with Gasteiger partial charge in [-0.15, -0.1) is 0 Å². The summed E-state index contributed by atoms with van der Waals surface area (Å²) in [5, 5.41) is 9.99. The van der Waals surface area contributed by atoms with Crippen LogP contribution in [0.5, 0.6) is 0 Å². The van der Waals surface area contributed by atoms with Crippen molar-refractivity contribution in [2.45, 2.75) is 19.1 Å². The number of cyclic esters (lactones) is 1. The summed E-state index contributed by atoms with van der Waals surface area (Å²) in [5.41, 5.74) is 1.52. The quantitative estimate of drug-likeness (QED) is 0.744. The predicted molar refractivity (Wildman–Crippen MR) is 55.0 cm³/mol. The Morgan fingerprint density at radius 1 is 1.33 bits per heavy atom. The van der Waals surface area contributed by atoms with Crippen LogP contribution >= 0.6 is 0 Å². The minimum absolute atomic E-state index is 0.382. The summed E-state index contributed by atoms with van der Waals surface area (Å²) in [5.74, 6) is -0.382. The van der Waals surface area contributed by atoms with Crippen molar-refractivity contribution in [3.63, 3.8) is 0 Å². The van der Waals surface area contributed by atoms with Crippen LogP contribution in [-0.4, -0.2) is 17.2 Å². The van der Waals surface area contributed by atoms with Gasteiger partial charge in [0.05, 0.1) is 0 Å². The summed E-state index contributed by atoms with van der Waals surface area (Å²) in [6, 6.07) is 9.18. The molecule has 1 aromatic carbocycles. The molecule has 1 aliphatic heterocycles. The van der Waals surface area contributed by atoms with Crippen molar-refractivity contribution in [2.24, 2.45) is 0 Å². The molecule has 1 aromatic rings. The van der Waals surface area contributed by atoms with E-state index in [0.29, 0.717) is 0 Å². The summed E-state index contributed by atoms with van der Waals surface area (Å²) >= 11 is 0.